The lowest BCUT2D eigenvalue weighted by atomic mass is 10.1. The van der Waals surface area contributed by atoms with E-state index in [1.807, 2.05) is 0 Å². The SMILES string of the molecule is C[C@@H]1Cn2c(cnc2C(=O)NCc2ccc(Cl)cc2)C(=O)N1CC1(S(=O)(=O)C(C)(C)C(F)(F)F)CC1. The Labute approximate surface area is 211 Å². The average Bonchev–Trinajstić information content (AvgIpc) is 3.47. The van der Waals surface area contributed by atoms with Crippen LogP contribution in [0.5, 0.6) is 0 Å². The number of sulfone groups is 1. The molecule has 1 fully saturated rings. The number of nitrogens with one attached hydrogen (secondary N) is 1. The average molecular weight is 547 g/mol. The molecule has 0 unspecified atom stereocenters. The third-order valence-electron chi connectivity index (χ3n) is 7.07. The summed E-state index contributed by atoms with van der Waals surface area (Å²) in [6, 6.07) is 6.34. The van der Waals surface area contributed by atoms with Gasteiger partial charge in [-0.05, 0) is 51.3 Å². The van der Waals surface area contributed by atoms with Crippen molar-refractivity contribution in [3.8, 4) is 0 Å². The molecule has 196 valence electrons. The van der Waals surface area contributed by atoms with Gasteiger partial charge in [-0.1, -0.05) is 23.7 Å². The molecule has 0 saturated heterocycles. The molecule has 13 heteroatoms. The number of carbonyl (C=O) groups is 2. The van der Waals surface area contributed by atoms with Gasteiger partial charge in [-0.25, -0.2) is 13.4 Å². The maximum Gasteiger partial charge on any atom is 0.407 e. The molecule has 4 rings (SSSR count). The molecule has 1 aliphatic heterocycles. The van der Waals surface area contributed by atoms with Crippen molar-refractivity contribution in [1.82, 2.24) is 19.8 Å². The van der Waals surface area contributed by atoms with Gasteiger partial charge in [0.05, 0.1) is 10.9 Å². The summed E-state index contributed by atoms with van der Waals surface area (Å²) < 4.78 is 63.7. The first-order chi connectivity index (χ1) is 16.6. The summed E-state index contributed by atoms with van der Waals surface area (Å²) in [7, 11) is -4.67. The molecule has 8 nitrogen and oxygen atoms in total. The van der Waals surface area contributed by atoms with Gasteiger partial charge in [-0.15, -0.1) is 0 Å². The van der Waals surface area contributed by atoms with Gasteiger partial charge in [0.1, 0.15) is 5.69 Å². The Morgan fingerprint density at radius 2 is 1.83 bits per heavy atom. The minimum atomic E-state index is -4.95. The molecule has 2 aliphatic rings. The van der Waals surface area contributed by atoms with Crippen LogP contribution in [0.25, 0.3) is 0 Å². The zero-order valence-electron chi connectivity index (χ0n) is 19.9. The molecule has 0 radical (unpaired) electrons. The largest absolute Gasteiger partial charge is 0.407 e. The lowest BCUT2D eigenvalue weighted by molar-refractivity contribution is -0.153. The number of rotatable bonds is 7. The lowest BCUT2D eigenvalue weighted by Crippen LogP contribution is -2.57. The predicted molar refractivity (Wildman–Crippen MR) is 126 cm³/mol. The number of carbonyl (C=O) groups excluding carboxylic acids is 2. The van der Waals surface area contributed by atoms with Gasteiger partial charge in [-0.2, -0.15) is 13.2 Å². The van der Waals surface area contributed by atoms with E-state index in [9.17, 15) is 31.2 Å². The maximum atomic E-state index is 13.6. The van der Waals surface area contributed by atoms with Gasteiger partial charge in [-0.3, -0.25) is 9.59 Å². The first kappa shape index (κ1) is 26.5. The van der Waals surface area contributed by atoms with Crippen molar-refractivity contribution in [3.63, 3.8) is 0 Å². The number of fused-ring (bicyclic) bond motifs is 1. The van der Waals surface area contributed by atoms with Crippen molar-refractivity contribution < 1.29 is 31.2 Å². The third-order valence-corrected chi connectivity index (χ3v) is 10.6. The second-order valence-corrected chi connectivity index (χ2v) is 13.2. The number of alkyl halides is 3. The minimum Gasteiger partial charge on any atom is -0.345 e. The molecule has 2 amide bonds. The summed E-state index contributed by atoms with van der Waals surface area (Å²) >= 11 is 5.87. The van der Waals surface area contributed by atoms with Crippen molar-refractivity contribution in [2.24, 2.45) is 0 Å². The number of amides is 2. The summed E-state index contributed by atoms with van der Waals surface area (Å²) in [6.07, 6.45) is -3.64. The summed E-state index contributed by atoms with van der Waals surface area (Å²) in [5.74, 6) is -1.06. The number of hydrogen-bond acceptors (Lipinski definition) is 5. The zero-order valence-corrected chi connectivity index (χ0v) is 21.5. The fourth-order valence-corrected chi connectivity index (χ4v) is 6.83. The molecule has 0 spiro atoms. The van der Waals surface area contributed by atoms with Gasteiger partial charge >= 0.3 is 6.18 Å². The van der Waals surface area contributed by atoms with E-state index in [4.69, 9.17) is 11.6 Å². The fourth-order valence-electron chi connectivity index (χ4n) is 4.37. The van der Waals surface area contributed by atoms with Crippen LogP contribution in [0.1, 0.15) is 60.3 Å². The van der Waals surface area contributed by atoms with E-state index in [0.29, 0.717) is 18.9 Å². The Morgan fingerprint density at radius 3 is 2.39 bits per heavy atom. The van der Waals surface area contributed by atoms with Crippen LogP contribution in [0.2, 0.25) is 5.02 Å². The Hall–Kier alpha value is -2.60. The number of aromatic nitrogens is 2. The highest BCUT2D eigenvalue weighted by atomic mass is 35.5. The highest BCUT2D eigenvalue weighted by Crippen LogP contribution is 2.53. The summed E-state index contributed by atoms with van der Waals surface area (Å²) in [5.41, 5.74) is 0.888. The highest BCUT2D eigenvalue weighted by molar-refractivity contribution is 7.94. The molecule has 0 bridgehead atoms. The van der Waals surface area contributed by atoms with Crippen molar-refractivity contribution >= 4 is 33.3 Å². The van der Waals surface area contributed by atoms with Crippen molar-refractivity contribution in [2.75, 3.05) is 6.54 Å². The first-order valence-corrected chi connectivity index (χ1v) is 13.2. The smallest absolute Gasteiger partial charge is 0.345 e. The monoisotopic (exact) mass is 546 g/mol. The van der Waals surface area contributed by atoms with Gasteiger partial charge in [0, 0.05) is 30.7 Å². The van der Waals surface area contributed by atoms with Gasteiger partial charge < -0.3 is 14.8 Å². The quantitative estimate of drug-likeness (QED) is 0.572. The molecule has 1 aromatic carbocycles. The number of imidazole rings is 1. The van der Waals surface area contributed by atoms with Gasteiger partial charge in [0.15, 0.2) is 20.4 Å². The van der Waals surface area contributed by atoms with E-state index in [-0.39, 0.29) is 44.0 Å². The Kier molecular flexibility index (Phi) is 6.44. The van der Waals surface area contributed by atoms with Crippen LogP contribution in [-0.2, 0) is 22.9 Å². The molecular weight excluding hydrogens is 521 g/mol. The minimum absolute atomic E-state index is 0.0192. The normalized spacial score (nSPS) is 19.7. The van der Waals surface area contributed by atoms with E-state index in [2.05, 4.69) is 10.3 Å². The molecule has 1 N–H and O–H groups in total. The van der Waals surface area contributed by atoms with E-state index in [1.54, 1.807) is 31.2 Å². The summed E-state index contributed by atoms with van der Waals surface area (Å²) in [5, 5.41) is 3.30. The van der Waals surface area contributed by atoms with Crippen molar-refractivity contribution in [1.29, 1.82) is 0 Å². The van der Waals surface area contributed by atoms with Crippen molar-refractivity contribution in [3.05, 3.63) is 52.6 Å². The van der Waals surface area contributed by atoms with Crippen LogP contribution in [-0.4, -0.2) is 62.9 Å². The van der Waals surface area contributed by atoms with Crippen LogP contribution in [0.4, 0.5) is 13.2 Å². The van der Waals surface area contributed by atoms with Crippen LogP contribution in [0, 0.1) is 0 Å². The van der Waals surface area contributed by atoms with Crippen LogP contribution < -0.4 is 5.32 Å². The molecule has 1 aliphatic carbocycles. The topological polar surface area (TPSA) is 101 Å². The third kappa shape index (κ3) is 4.27. The molecule has 1 saturated carbocycles. The van der Waals surface area contributed by atoms with Crippen LogP contribution in [0.3, 0.4) is 0 Å². The Morgan fingerprint density at radius 1 is 1.22 bits per heavy atom. The Balaban J connectivity index is 1.52. The van der Waals surface area contributed by atoms with E-state index in [1.165, 1.54) is 15.7 Å². The van der Waals surface area contributed by atoms with E-state index in [0.717, 1.165) is 5.56 Å². The number of nitrogens with zero attached hydrogens (tertiary/aromatic N) is 3. The second-order valence-electron chi connectivity index (χ2n) is 9.86. The number of benzene rings is 1. The molecular formula is C23H26ClF3N4O4S. The van der Waals surface area contributed by atoms with E-state index >= 15 is 0 Å². The predicted octanol–water partition coefficient (Wildman–Crippen LogP) is 3.60. The highest BCUT2D eigenvalue weighted by Gasteiger charge is 2.68. The van der Waals surface area contributed by atoms with Gasteiger partial charge in [0.2, 0.25) is 0 Å². The van der Waals surface area contributed by atoms with Crippen LogP contribution in [0.15, 0.2) is 30.5 Å². The molecule has 1 aromatic heterocycles. The lowest BCUT2D eigenvalue weighted by Gasteiger charge is -2.39. The van der Waals surface area contributed by atoms with E-state index < -0.39 is 43.4 Å². The molecule has 2 aromatic rings. The second kappa shape index (κ2) is 8.76. The molecule has 2 heterocycles. The van der Waals surface area contributed by atoms with Crippen LogP contribution >= 0.6 is 11.6 Å². The Bertz CT molecular complexity index is 1300. The molecule has 1 atom stereocenters. The summed E-state index contributed by atoms with van der Waals surface area (Å²) in [4.78, 5) is 31.4. The van der Waals surface area contributed by atoms with Crippen molar-refractivity contribution in [2.45, 2.75) is 68.4 Å². The number of halogens is 4. The zero-order chi connectivity index (χ0) is 26.7. The maximum absolute atomic E-state index is 13.6. The molecule has 36 heavy (non-hydrogen) atoms. The van der Waals surface area contributed by atoms with Gasteiger partial charge in [0.25, 0.3) is 11.8 Å². The first-order valence-electron chi connectivity index (χ1n) is 11.3. The number of hydrogen-bond donors (Lipinski definition) is 1. The standard InChI is InChI=1S/C23H26ClF3N4O4S/c1-14-12-30-17(11-28-18(30)19(32)29-10-15-4-6-16(24)7-5-15)20(33)31(14)13-22(8-9-22)36(34,35)21(2,3)23(25,26)27/h4-7,11,14H,8-10,12-13H2,1-3H3,(H,29,32)/t14-/m1/s1. The summed E-state index contributed by atoms with van der Waals surface area (Å²) in [6.45, 7) is 2.99. The fraction of sp³-hybridized carbons (Fsp3) is 0.522.